The third-order valence-electron chi connectivity index (χ3n) is 6.11. The summed E-state index contributed by atoms with van der Waals surface area (Å²) in [5, 5.41) is 0. The van der Waals surface area contributed by atoms with Crippen LogP contribution in [0.5, 0.6) is 0 Å². The molecule has 4 heterocycles. The van der Waals surface area contributed by atoms with Gasteiger partial charge in [0.2, 0.25) is 5.91 Å². The summed E-state index contributed by atoms with van der Waals surface area (Å²) >= 11 is 0. The average Bonchev–Trinajstić information content (AvgIpc) is 2.76. The van der Waals surface area contributed by atoms with Crippen LogP contribution in [0.15, 0.2) is 41.7 Å². The molecule has 2 aliphatic rings. The maximum Gasteiger partial charge on any atom is 0.253 e. The molecule has 7 heteroatoms. The number of carbonyl (C=O) groups excluding carboxylic acids is 1. The molecule has 2 saturated heterocycles. The lowest BCUT2D eigenvalue weighted by atomic mass is 9.96. The number of amides is 1. The predicted molar refractivity (Wildman–Crippen MR) is 111 cm³/mol. The maximum atomic E-state index is 12.5. The van der Waals surface area contributed by atoms with Gasteiger partial charge in [0, 0.05) is 56.6 Å². The minimum atomic E-state index is -0.00936. The number of carbonyl (C=O) groups is 1. The quantitative estimate of drug-likeness (QED) is 0.748. The third-order valence-corrected chi connectivity index (χ3v) is 6.11. The molecule has 1 amide bonds. The monoisotopic (exact) mass is 395 g/mol. The molecular formula is C22H29N5O2. The minimum absolute atomic E-state index is 0.00936. The molecule has 4 rings (SSSR count). The zero-order valence-corrected chi connectivity index (χ0v) is 16.9. The number of piperidine rings is 2. The molecule has 0 unspecified atom stereocenters. The summed E-state index contributed by atoms with van der Waals surface area (Å²) in [6, 6.07) is 5.35. The van der Waals surface area contributed by atoms with E-state index in [9.17, 15) is 9.59 Å². The number of nitrogens with zero attached hydrogens (tertiary/aromatic N) is 5. The molecule has 7 nitrogen and oxygen atoms in total. The molecule has 0 radical (unpaired) electrons. The van der Waals surface area contributed by atoms with Gasteiger partial charge >= 0.3 is 0 Å². The Kier molecular flexibility index (Phi) is 6.34. The Morgan fingerprint density at radius 3 is 2.66 bits per heavy atom. The van der Waals surface area contributed by atoms with Gasteiger partial charge in [0.05, 0.1) is 12.0 Å². The first kappa shape index (κ1) is 19.8. The van der Waals surface area contributed by atoms with Crippen molar-refractivity contribution in [2.45, 2.75) is 38.6 Å². The third kappa shape index (κ3) is 5.09. The smallest absolute Gasteiger partial charge is 0.253 e. The molecule has 0 atom stereocenters. The van der Waals surface area contributed by atoms with Gasteiger partial charge in [-0.05, 0) is 56.8 Å². The summed E-state index contributed by atoms with van der Waals surface area (Å²) in [6.07, 6.45) is 10.1. The van der Waals surface area contributed by atoms with Gasteiger partial charge in [0.15, 0.2) is 0 Å². The maximum absolute atomic E-state index is 12.5. The molecule has 2 aliphatic heterocycles. The lowest BCUT2D eigenvalue weighted by molar-refractivity contribution is -0.133. The van der Waals surface area contributed by atoms with Gasteiger partial charge in [0.25, 0.3) is 5.56 Å². The van der Waals surface area contributed by atoms with Crippen molar-refractivity contribution in [2.24, 2.45) is 5.92 Å². The molecule has 0 aliphatic carbocycles. The van der Waals surface area contributed by atoms with Crippen LogP contribution < -0.4 is 5.56 Å². The van der Waals surface area contributed by atoms with E-state index >= 15 is 0 Å². The Morgan fingerprint density at radius 1 is 1.07 bits per heavy atom. The Hall–Kier alpha value is -2.54. The van der Waals surface area contributed by atoms with Crippen molar-refractivity contribution in [1.82, 2.24) is 24.3 Å². The zero-order valence-electron chi connectivity index (χ0n) is 16.9. The van der Waals surface area contributed by atoms with Gasteiger partial charge in [0.1, 0.15) is 0 Å². The SMILES string of the molecule is O=C1CCCCN1CCN1CCC(Cn2cnc(-c3cccnc3)cc2=O)CC1. The standard InChI is InChI=1S/C22H29N5O2/c28-21-5-1-2-9-26(21)13-12-25-10-6-18(7-11-25)16-27-17-24-20(14-22(27)29)19-4-3-8-23-15-19/h3-4,8,14-15,17-18H,1-2,5-7,9-13,16H2. The van der Waals surface area contributed by atoms with Crippen molar-refractivity contribution in [3.8, 4) is 11.3 Å². The van der Waals surface area contributed by atoms with E-state index in [2.05, 4.69) is 14.9 Å². The van der Waals surface area contributed by atoms with Gasteiger partial charge in [-0.25, -0.2) is 4.98 Å². The van der Waals surface area contributed by atoms with Crippen LogP contribution in [0, 0.1) is 5.92 Å². The van der Waals surface area contributed by atoms with Crippen molar-refractivity contribution in [3.05, 3.63) is 47.3 Å². The normalized spacial score (nSPS) is 18.9. The van der Waals surface area contributed by atoms with Crippen LogP contribution >= 0.6 is 0 Å². The first-order valence-electron chi connectivity index (χ1n) is 10.7. The molecule has 0 aromatic carbocycles. The molecule has 0 saturated carbocycles. The van der Waals surface area contributed by atoms with Crippen LogP contribution in [0.3, 0.4) is 0 Å². The first-order chi connectivity index (χ1) is 14.2. The summed E-state index contributed by atoms with van der Waals surface area (Å²) in [5.41, 5.74) is 1.52. The zero-order chi connectivity index (χ0) is 20.1. The Morgan fingerprint density at radius 2 is 1.93 bits per heavy atom. The second kappa shape index (κ2) is 9.31. The molecule has 2 fully saturated rings. The van der Waals surface area contributed by atoms with Crippen LogP contribution in [0.1, 0.15) is 32.1 Å². The largest absolute Gasteiger partial charge is 0.341 e. The van der Waals surface area contributed by atoms with E-state index in [-0.39, 0.29) is 5.56 Å². The molecule has 2 aromatic rings. The lowest BCUT2D eigenvalue weighted by Crippen LogP contribution is -2.43. The molecule has 0 N–H and O–H groups in total. The van der Waals surface area contributed by atoms with Gasteiger partial charge in [-0.15, -0.1) is 0 Å². The highest BCUT2D eigenvalue weighted by atomic mass is 16.2. The van der Waals surface area contributed by atoms with Gasteiger partial charge < -0.3 is 9.80 Å². The average molecular weight is 396 g/mol. The van der Waals surface area contributed by atoms with Crippen molar-refractivity contribution >= 4 is 5.91 Å². The Labute approximate surface area is 171 Å². The van der Waals surface area contributed by atoms with Crippen LogP contribution in [-0.2, 0) is 11.3 Å². The number of likely N-dealkylation sites (tertiary alicyclic amines) is 2. The fraction of sp³-hybridized carbons (Fsp3) is 0.545. The lowest BCUT2D eigenvalue weighted by Gasteiger charge is -2.34. The summed E-state index contributed by atoms with van der Waals surface area (Å²) in [5.74, 6) is 0.805. The molecule has 0 bridgehead atoms. The van der Waals surface area contributed by atoms with E-state index in [0.29, 0.717) is 23.9 Å². The predicted octanol–water partition coefficient (Wildman–Crippen LogP) is 2.03. The van der Waals surface area contributed by atoms with Crippen LogP contribution in [0.25, 0.3) is 11.3 Å². The van der Waals surface area contributed by atoms with Crippen LogP contribution in [0.2, 0.25) is 0 Å². The summed E-state index contributed by atoms with van der Waals surface area (Å²) in [4.78, 5) is 37.5. The highest BCUT2D eigenvalue weighted by Crippen LogP contribution is 2.19. The number of pyridine rings is 1. The van der Waals surface area contributed by atoms with Crippen molar-refractivity contribution < 1.29 is 4.79 Å². The Bertz CT molecular complexity index is 874. The second-order valence-electron chi connectivity index (χ2n) is 8.13. The van der Waals surface area contributed by atoms with E-state index < -0.39 is 0 Å². The van der Waals surface area contributed by atoms with E-state index in [1.54, 1.807) is 29.4 Å². The van der Waals surface area contributed by atoms with E-state index in [4.69, 9.17) is 0 Å². The number of hydrogen-bond acceptors (Lipinski definition) is 5. The summed E-state index contributed by atoms with van der Waals surface area (Å²) < 4.78 is 1.73. The molecular weight excluding hydrogens is 366 g/mol. The minimum Gasteiger partial charge on any atom is -0.341 e. The number of hydrogen-bond donors (Lipinski definition) is 0. The fourth-order valence-corrected chi connectivity index (χ4v) is 4.27. The first-order valence-corrected chi connectivity index (χ1v) is 10.7. The highest BCUT2D eigenvalue weighted by molar-refractivity contribution is 5.76. The number of rotatable bonds is 6. The molecule has 154 valence electrons. The van der Waals surface area contributed by atoms with Gasteiger partial charge in [-0.2, -0.15) is 0 Å². The number of aromatic nitrogens is 3. The van der Waals surface area contributed by atoms with E-state index in [0.717, 1.165) is 70.5 Å². The summed E-state index contributed by atoms with van der Waals surface area (Å²) in [7, 11) is 0. The van der Waals surface area contributed by atoms with Gasteiger partial charge in [-0.3, -0.25) is 19.1 Å². The van der Waals surface area contributed by atoms with E-state index in [1.807, 2.05) is 17.0 Å². The topological polar surface area (TPSA) is 71.3 Å². The Balaban J connectivity index is 1.26. The van der Waals surface area contributed by atoms with Crippen molar-refractivity contribution in [1.29, 1.82) is 0 Å². The fourth-order valence-electron chi connectivity index (χ4n) is 4.27. The van der Waals surface area contributed by atoms with Crippen molar-refractivity contribution in [3.63, 3.8) is 0 Å². The highest BCUT2D eigenvalue weighted by Gasteiger charge is 2.22. The van der Waals surface area contributed by atoms with Crippen molar-refractivity contribution in [2.75, 3.05) is 32.7 Å². The molecule has 2 aromatic heterocycles. The van der Waals surface area contributed by atoms with Gasteiger partial charge in [-0.1, -0.05) is 0 Å². The van der Waals surface area contributed by atoms with Crippen LogP contribution in [0.4, 0.5) is 0 Å². The van der Waals surface area contributed by atoms with Crippen LogP contribution in [-0.4, -0.2) is 63.0 Å². The second-order valence-corrected chi connectivity index (χ2v) is 8.13. The van der Waals surface area contributed by atoms with E-state index in [1.165, 1.54) is 0 Å². The molecule has 29 heavy (non-hydrogen) atoms. The molecule has 0 spiro atoms. The summed E-state index contributed by atoms with van der Waals surface area (Å²) in [6.45, 7) is 5.51.